The van der Waals surface area contributed by atoms with Crippen LogP contribution in [-0.2, 0) is 14.1 Å². The van der Waals surface area contributed by atoms with Gasteiger partial charge in [-0.3, -0.25) is 5.21 Å². The van der Waals surface area contributed by atoms with Crippen molar-refractivity contribution in [3.63, 3.8) is 0 Å². The van der Waals surface area contributed by atoms with Crippen molar-refractivity contribution in [2.45, 2.75) is 0 Å². The Morgan fingerprint density at radius 2 is 2.21 bits per heavy atom. The van der Waals surface area contributed by atoms with Crippen LogP contribution in [-0.4, -0.2) is 34.1 Å². The molecule has 1 N–H and O–H groups in total. The molecule has 1 rings (SSSR count). The molecule has 0 aromatic carbocycles. The molecular formula is C9H14NO3S+. The summed E-state index contributed by atoms with van der Waals surface area (Å²) in [4.78, 5) is -0.157. The zero-order valence-corrected chi connectivity index (χ0v) is 9.03. The van der Waals surface area contributed by atoms with Gasteiger partial charge in [-0.25, -0.2) is 0 Å². The van der Waals surface area contributed by atoms with Crippen molar-refractivity contribution < 1.29 is 14.3 Å². The third-order valence-electron chi connectivity index (χ3n) is 1.90. The fourth-order valence-electron chi connectivity index (χ4n) is 1.35. The summed E-state index contributed by atoms with van der Waals surface area (Å²) in [5.74, 6) is 0.118. The second-order valence-electron chi connectivity index (χ2n) is 3.65. The van der Waals surface area contributed by atoms with Gasteiger partial charge in [-0.2, -0.15) is 0 Å². The first-order valence-electron chi connectivity index (χ1n) is 4.20. The van der Waals surface area contributed by atoms with Crippen molar-refractivity contribution in [2.24, 2.45) is 5.92 Å². The molecule has 0 aliphatic heterocycles. The summed E-state index contributed by atoms with van der Waals surface area (Å²) < 4.78 is 11.5. The van der Waals surface area contributed by atoms with Crippen molar-refractivity contribution in [1.29, 1.82) is 0 Å². The number of nitrogens with zero attached hydrogens (tertiary/aromatic N) is 1. The lowest BCUT2D eigenvalue weighted by Gasteiger charge is -2.11. The van der Waals surface area contributed by atoms with E-state index in [1.165, 1.54) is 6.08 Å². The molecule has 0 radical (unpaired) electrons. The van der Waals surface area contributed by atoms with Crippen molar-refractivity contribution in [1.82, 2.24) is 0 Å². The molecule has 0 fully saturated rings. The zero-order chi connectivity index (χ0) is 10.8. The van der Waals surface area contributed by atoms with Gasteiger partial charge in [0.2, 0.25) is 0 Å². The maximum absolute atomic E-state index is 11.5. The highest BCUT2D eigenvalue weighted by Crippen LogP contribution is 2.13. The van der Waals surface area contributed by atoms with E-state index in [1.807, 2.05) is 0 Å². The lowest BCUT2D eigenvalue weighted by molar-refractivity contribution is -0.726. The van der Waals surface area contributed by atoms with Gasteiger partial charge in [0.1, 0.15) is 24.2 Å². The zero-order valence-electron chi connectivity index (χ0n) is 8.21. The van der Waals surface area contributed by atoms with Crippen molar-refractivity contribution in [3.05, 3.63) is 29.5 Å². The van der Waals surface area contributed by atoms with Gasteiger partial charge in [-0.05, 0) is 0 Å². The Morgan fingerprint density at radius 1 is 1.57 bits per heavy atom. The average Bonchev–Trinajstić information content (AvgIpc) is 2.01. The Morgan fingerprint density at radius 3 is 2.71 bits per heavy atom. The van der Waals surface area contributed by atoms with Crippen LogP contribution >= 0.6 is 0 Å². The summed E-state index contributed by atoms with van der Waals surface area (Å²) in [5, 5.41) is 19.6. The van der Waals surface area contributed by atoms with E-state index in [0.717, 1.165) is 0 Å². The van der Waals surface area contributed by atoms with Crippen LogP contribution in [0.25, 0.3) is 0 Å². The van der Waals surface area contributed by atoms with Gasteiger partial charge in [-0.15, -0.1) is 4.21 Å². The van der Waals surface area contributed by atoms with E-state index in [2.05, 4.69) is 0 Å². The predicted octanol–water partition coefficient (Wildman–Crippen LogP) is 0.828. The first-order chi connectivity index (χ1) is 6.40. The number of hydrogen-bond donors (Lipinski definition) is 1. The summed E-state index contributed by atoms with van der Waals surface area (Å²) in [6.07, 6.45) is 10.0. The molecule has 1 unspecified atom stereocenters. The Labute approximate surface area is 84.2 Å². The summed E-state index contributed by atoms with van der Waals surface area (Å²) in [6, 6.07) is 0. The van der Waals surface area contributed by atoms with Crippen molar-refractivity contribution >= 4 is 15.6 Å². The fraction of sp³-hybridized carbons (Fsp3) is 0.444. The Bertz CT molecular complexity index is 347. The Hall–Kier alpha value is -1.10. The highest BCUT2D eigenvalue weighted by Gasteiger charge is 2.29. The summed E-state index contributed by atoms with van der Waals surface area (Å²) in [6.45, 7) is 0. The quantitative estimate of drug-likeness (QED) is 0.322. The first kappa shape index (κ1) is 11.0. The number of allylic oxidation sites excluding steroid dienone is 4. The van der Waals surface area contributed by atoms with Gasteiger partial charge >= 0.3 is 0 Å². The maximum Gasteiger partial charge on any atom is 0.256 e. The minimum absolute atomic E-state index is 0.157. The molecule has 4 nitrogen and oxygen atoms in total. The van der Waals surface area contributed by atoms with E-state index in [0.29, 0.717) is 5.75 Å². The number of rotatable bonds is 2. The van der Waals surface area contributed by atoms with E-state index in [-0.39, 0.29) is 16.5 Å². The molecule has 78 valence electrons. The monoisotopic (exact) mass is 216 g/mol. The molecule has 0 bridgehead atoms. The van der Waals surface area contributed by atoms with Crippen LogP contribution in [0, 0.1) is 11.1 Å². The van der Waals surface area contributed by atoms with Crippen LogP contribution in [0.2, 0.25) is 0 Å². The standard InChI is InChI=1S/C9H14NO3S/c1-14(2,13)7-8-5-3-4-6-9(8)10(11)12/h3-6,8H,7H2,1-2H3,(H,11,12)/q+1. The van der Waals surface area contributed by atoms with Gasteiger partial charge in [0.05, 0.1) is 9.93 Å². The summed E-state index contributed by atoms with van der Waals surface area (Å²) in [5.41, 5.74) is 0.240. The first-order valence-corrected chi connectivity index (χ1v) is 6.74. The molecule has 1 aliphatic rings. The second kappa shape index (κ2) is 3.96. The minimum Gasteiger partial charge on any atom is -0.417 e. The SMILES string of the molecule is C[S+](C)(=O)CC1C=CC=C/C1=[N+](/[O-])O. The molecule has 0 amide bonds. The van der Waals surface area contributed by atoms with E-state index < -0.39 is 9.93 Å². The third kappa shape index (κ3) is 2.99. The van der Waals surface area contributed by atoms with E-state index in [9.17, 15) is 9.42 Å². The van der Waals surface area contributed by atoms with Gasteiger partial charge in [0, 0.05) is 11.0 Å². The molecule has 14 heavy (non-hydrogen) atoms. The smallest absolute Gasteiger partial charge is 0.256 e. The van der Waals surface area contributed by atoms with Gasteiger partial charge in [0.15, 0.2) is 0 Å². The lowest BCUT2D eigenvalue weighted by Crippen LogP contribution is -2.29. The van der Waals surface area contributed by atoms with E-state index in [1.54, 1.807) is 30.7 Å². The van der Waals surface area contributed by atoms with Crippen LogP contribution in [0.3, 0.4) is 0 Å². The molecule has 0 aromatic heterocycles. The van der Waals surface area contributed by atoms with Crippen LogP contribution in [0.4, 0.5) is 0 Å². The Balaban J connectivity index is 2.88. The normalized spacial score (nSPS) is 25.1. The van der Waals surface area contributed by atoms with Crippen molar-refractivity contribution in [3.8, 4) is 0 Å². The minimum atomic E-state index is -1.92. The van der Waals surface area contributed by atoms with Gasteiger partial charge < -0.3 is 5.21 Å². The van der Waals surface area contributed by atoms with Crippen LogP contribution in [0.5, 0.6) is 0 Å². The van der Waals surface area contributed by atoms with Gasteiger partial charge in [0.25, 0.3) is 5.71 Å². The molecule has 0 heterocycles. The molecule has 0 saturated heterocycles. The largest absolute Gasteiger partial charge is 0.417 e. The Kier molecular flexibility index (Phi) is 3.10. The van der Waals surface area contributed by atoms with Crippen LogP contribution in [0.15, 0.2) is 24.3 Å². The average molecular weight is 216 g/mol. The maximum atomic E-state index is 11.5. The summed E-state index contributed by atoms with van der Waals surface area (Å²) in [7, 11) is -1.92. The van der Waals surface area contributed by atoms with Crippen molar-refractivity contribution in [2.75, 3.05) is 18.3 Å². The van der Waals surface area contributed by atoms with Crippen LogP contribution < -0.4 is 0 Å². The van der Waals surface area contributed by atoms with Crippen LogP contribution in [0.1, 0.15) is 0 Å². The second-order valence-corrected chi connectivity index (χ2v) is 6.86. The number of hydrogen-bond acceptors (Lipinski definition) is 3. The molecule has 1 atom stereocenters. The molecule has 0 aromatic rings. The lowest BCUT2D eigenvalue weighted by atomic mass is 10.0. The molecule has 0 spiro atoms. The molecule has 5 heteroatoms. The summed E-state index contributed by atoms with van der Waals surface area (Å²) >= 11 is 0. The predicted molar refractivity (Wildman–Crippen MR) is 57.0 cm³/mol. The molecule has 0 saturated carbocycles. The molecular weight excluding hydrogens is 202 g/mol. The van der Waals surface area contributed by atoms with E-state index >= 15 is 0 Å². The third-order valence-corrected chi connectivity index (χ3v) is 3.07. The highest BCUT2D eigenvalue weighted by atomic mass is 32.2. The van der Waals surface area contributed by atoms with E-state index in [4.69, 9.17) is 5.21 Å². The molecule has 1 aliphatic carbocycles. The highest BCUT2D eigenvalue weighted by molar-refractivity contribution is 8.01. The topological polar surface area (TPSA) is 63.4 Å². The van der Waals surface area contributed by atoms with Gasteiger partial charge in [-0.1, -0.05) is 18.2 Å². The fourth-order valence-corrected chi connectivity index (χ4v) is 2.50.